The summed E-state index contributed by atoms with van der Waals surface area (Å²) in [7, 11) is 0. The molecule has 1 saturated heterocycles. The Morgan fingerprint density at radius 1 is 1.29 bits per heavy atom. The Morgan fingerprint density at radius 2 is 2.10 bits per heavy atom. The van der Waals surface area contributed by atoms with Crippen LogP contribution in [0, 0.1) is 0 Å². The van der Waals surface area contributed by atoms with Gasteiger partial charge in [-0.05, 0) is 48.6 Å². The molecule has 162 valence electrons. The first kappa shape index (κ1) is 21.9. The van der Waals surface area contributed by atoms with Crippen molar-refractivity contribution in [2.75, 3.05) is 18.5 Å². The summed E-state index contributed by atoms with van der Waals surface area (Å²) in [5.74, 6) is -0.394. The number of nitrogens with one attached hydrogen (secondary N) is 1. The van der Waals surface area contributed by atoms with Gasteiger partial charge in [0.1, 0.15) is 18.5 Å². The fourth-order valence-electron chi connectivity index (χ4n) is 3.34. The summed E-state index contributed by atoms with van der Waals surface area (Å²) in [6.07, 6.45) is 4.93. The highest BCUT2D eigenvalue weighted by atomic mass is 35.5. The Hall–Kier alpha value is -2.36. The fourth-order valence-corrected chi connectivity index (χ4v) is 4.01. The third-order valence-electron chi connectivity index (χ3n) is 4.71. The van der Waals surface area contributed by atoms with E-state index >= 15 is 0 Å². The van der Waals surface area contributed by atoms with Crippen molar-refractivity contribution in [3.63, 3.8) is 0 Å². The highest BCUT2D eigenvalue weighted by molar-refractivity contribution is 7.80. The predicted octanol–water partition coefficient (Wildman–Crippen LogP) is 4.19. The lowest BCUT2D eigenvalue weighted by molar-refractivity contribution is -0.189. The number of rotatable bonds is 7. The van der Waals surface area contributed by atoms with Gasteiger partial charge in [-0.1, -0.05) is 29.3 Å². The summed E-state index contributed by atoms with van der Waals surface area (Å²) in [5.41, 5.74) is 6.97. The Labute approximate surface area is 195 Å². The molecular weight excluding hydrogens is 459 g/mol. The van der Waals surface area contributed by atoms with Crippen LogP contribution >= 0.6 is 35.4 Å². The van der Waals surface area contributed by atoms with Gasteiger partial charge in [-0.15, -0.1) is 0 Å². The van der Waals surface area contributed by atoms with Crippen LogP contribution in [0.25, 0.3) is 0 Å². The van der Waals surface area contributed by atoms with Crippen molar-refractivity contribution in [3.05, 3.63) is 76.8 Å². The van der Waals surface area contributed by atoms with Crippen molar-refractivity contribution in [3.8, 4) is 5.75 Å². The summed E-state index contributed by atoms with van der Waals surface area (Å²) in [4.78, 5) is 4.10. The fraction of sp³-hybridized carbons (Fsp3) is 0.238. The average Bonchev–Trinajstić information content (AvgIpc) is 3.38. The number of benzene rings is 2. The van der Waals surface area contributed by atoms with Crippen LogP contribution in [0.1, 0.15) is 5.56 Å². The highest BCUT2D eigenvalue weighted by Gasteiger charge is 2.45. The normalized spacial score (nSPS) is 20.5. The third-order valence-corrected chi connectivity index (χ3v) is 5.36. The van der Waals surface area contributed by atoms with Gasteiger partial charge < -0.3 is 29.8 Å². The zero-order chi connectivity index (χ0) is 21.8. The van der Waals surface area contributed by atoms with E-state index in [4.69, 9.17) is 55.4 Å². The number of nitrogens with two attached hydrogens (primary N) is 1. The maximum Gasteiger partial charge on any atom is 0.215 e. The molecule has 3 N–H and O–H groups in total. The van der Waals surface area contributed by atoms with Crippen LogP contribution < -0.4 is 15.8 Å². The summed E-state index contributed by atoms with van der Waals surface area (Å²) < 4.78 is 20.3. The Balaban J connectivity index is 1.47. The van der Waals surface area contributed by atoms with Gasteiger partial charge in [0, 0.05) is 28.7 Å². The molecule has 2 aromatic carbocycles. The molecule has 2 atom stereocenters. The molecule has 1 aromatic heterocycles. The van der Waals surface area contributed by atoms with E-state index in [9.17, 15) is 0 Å². The zero-order valence-electron chi connectivity index (χ0n) is 16.3. The predicted molar refractivity (Wildman–Crippen MR) is 124 cm³/mol. The second-order valence-electron chi connectivity index (χ2n) is 6.99. The maximum atomic E-state index is 6.49. The molecule has 0 amide bonds. The van der Waals surface area contributed by atoms with Gasteiger partial charge in [0.25, 0.3) is 0 Å². The molecule has 2 heterocycles. The third kappa shape index (κ3) is 5.28. The van der Waals surface area contributed by atoms with Crippen molar-refractivity contribution >= 4 is 46.2 Å². The Bertz CT molecular complexity index is 1050. The largest absolute Gasteiger partial charge is 0.491 e. The second kappa shape index (κ2) is 9.42. The van der Waals surface area contributed by atoms with Crippen molar-refractivity contribution in [2.24, 2.45) is 5.73 Å². The number of halogens is 2. The molecule has 1 aliphatic heterocycles. The molecule has 10 heteroatoms. The number of thiocarbonyl (C=S) groups is 1. The maximum absolute atomic E-state index is 6.49. The van der Waals surface area contributed by atoms with E-state index in [1.54, 1.807) is 24.7 Å². The molecule has 2 unspecified atom stereocenters. The van der Waals surface area contributed by atoms with Gasteiger partial charge >= 0.3 is 0 Å². The lowest BCUT2D eigenvalue weighted by atomic mass is 10.1. The number of aromatic nitrogens is 2. The van der Waals surface area contributed by atoms with E-state index in [1.165, 1.54) is 0 Å². The minimum atomic E-state index is -1.08. The average molecular weight is 479 g/mol. The van der Waals surface area contributed by atoms with Crippen LogP contribution in [0.15, 0.2) is 61.2 Å². The van der Waals surface area contributed by atoms with Crippen molar-refractivity contribution < 1.29 is 14.2 Å². The van der Waals surface area contributed by atoms with Crippen LogP contribution in [0.3, 0.4) is 0 Å². The van der Waals surface area contributed by atoms with Crippen molar-refractivity contribution in [1.29, 1.82) is 0 Å². The first-order valence-corrected chi connectivity index (χ1v) is 10.6. The number of hydrogen-bond donors (Lipinski definition) is 2. The minimum Gasteiger partial charge on any atom is -0.491 e. The first-order chi connectivity index (χ1) is 14.9. The summed E-state index contributed by atoms with van der Waals surface area (Å²) in [6, 6.07) is 12.6. The van der Waals surface area contributed by atoms with Gasteiger partial charge in [0.15, 0.2) is 5.11 Å². The van der Waals surface area contributed by atoms with Crippen molar-refractivity contribution in [2.45, 2.75) is 18.4 Å². The molecule has 31 heavy (non-hydrogen) atoms. The smallest absolute Gasteiger partial charge is 0.215 e. The first-order valence-electron chi connectivity index (χ1n) is 9.46. The molecule has 0 saturated carbocycles. The van der Waals surface area contributed by atoms with Gasteiger partial charge in [0.2, 0.25) is 5.79 Å². The van der Waals surface area contributed by atoms with Gasteiger partial charge in [-0.2, -0.15) is 0 Å². The number of ether oxygens (including phenoxy) is 3. The SMILES string of the molecule is NC(=S)Nc1ccc(OCC2COC(Cn3ccnc3)(c3ccc(Cl)cc3Cl)O2)cc1. The molecule has 7 nitrogen and oxygen atoms in total. The Morgan fingerprint density at radius 3 is 2.77 bits per heavy atom. The van der Waals surface area contributed by atoms with Crippen LogP contribution in [-0.4, -0.2) is 34.0 Å². The van der Waals surface area contributed by atoms with Gasteiger partial charge in [0.05, 0.1) is 24.5 Å². The number of hydrogen-bond acceptors (Lipinski definition) is 5. The van der Waals surface area contributed by atoms with Crippen molar-refractivity contribution in [1.82, 2.24) is 9.55 Å². The zero-order valence-corrected chi connectivity index (χ0v) is 18.7. The van der Waals surface area contributed by atoms with E-state index in [-0.39, 0.29) is 11.2 Å². The quantitative estimate of drug-likeness (QED) is 0.492. The minimum absolute atomic E-state index is 0.209. The van der Waals surface area contributed by atoms with E-state index in [0.717, 1.165) is 5.69 Å². The number of anilines is 1. The van der Waals surface area contributed by atoms with Gasteiger partial charge in [-0.25, -0.2) is 4.98 Å². The van der Waals surface area contributed by atoms with Crippen LogP contribution in [0.4, 0.5) is 5.69 Å². The van der Waals surface area contributed by atoms with E-state index in [1.807, 2.05) is 41.1 Å². The molecule has 3 aromatic rings. The highest BCUT2D eigenvalue weighted by Crippen LogP contribution is 2.40. The second-order valence-corrected chi connectivity index (χ2v) is 8.27. The molecule has 0 spiro atoms. The monoisotopic (exact) mass is 478 g/mol. The molecule has 0 aliphatic carbocycles. The molecule has 0 radical (unpaired) electrons. The number of nitrogens with zero attached hydrogens (tertiary/aromatic N) is 2. The molecule has 1 fully saturated rings. The van der Waals surface area contributed by atoms with E-state index in [0.29, 0.717) is 41.1 Å². The Kier molecular flexibility index (Phi) is 6.64. The summed E-state index contributed by atoms with van der Waals surface area (Å²) in [5, 5.41) is 4.08. The van der Waals surface area contributed by atoms with E-state index < -0.39 is 5.79 Å². The molecule has 1 aliphatic rings. The lowest BCUT2D eigenvalue weighted by Gasteiger charge is -2.30. The van der Waals surface area contributed by atoms with Crippen LogP contribution in [0.2, 0.25) is 10.0 Å². The van der Waals surface area contributed by atoms with Crippen LogP contribution in [-0.2, 0) is 21.8 Å². The summed E-state index contributed by atoms with van der Waals surface area (Å²) >= 11 is 17.4. The molecule has 0 bridgehead atoms. The lowest BCUT2D eigenvalue weighted by Crippen LogP contribution is -2.34. The molecule has 4 rings (SSSR count). The van der Waals surface area contributed by atoms with Gasteiger partial charge in [-0.3, -0.25) is 0 Å². The van der Waals surface area contributed by atoms with Crippen LogP contribution in [0.5, 0.6) is 5.75 Å². The van der Waals surface area contributed by atoms with E-state index in [2.05, 4.69) is 10.3 Å². The topological polar surface area (TPSA) is 83.6 Å². The summed E-state index contributed by atoms with van der Waals surface area (Å²) in [6.45, 7) is 1.03. The standard InChI is InChI=1S/C21H20Cl2N4O3S/c22-14-1-6-18(19(23)9-14)21(12-27-8-7-25-13-27)29-11-17(30-21)10-28-16-4-2-15(3-5-16)26-20(24)31/h1-9,13,17H,10-12H2,(H3,24,26,31). The molecular formula is C21H20Cl2N4O3S. The number of imidazole rings is 1.